The van der Waals surface area contributed by atoms with Crippen LogP contribution in [0.3, 0.4) is 0 Å². The van der Waals surface area contributed by atoms with Gasteiger partial charge in [-0.1, -0.05) is 19.0 Å². The Morgan fingerprint density at radius 2 is 1.81 bits per heavy atom. The van der Waals surface area contributed by atoms with Crippen LogP contribution in [0.1, 0.15) is 43.9 Å². The van der Waals surface area contributed by atoms with Gasteiger partial charge in [0, 0.05) is 18.5 Å². The van der Waals surface area contributed by atoms with Gasteiger partial charge in [-0.15, -0.1) is 0 Å². The van der Waals surface area contributed by atoms with Gasteiger partial charge in [0.15, 0.2) is 5.82 Å². The Balaban J connectivity index is 2.18. The van der Waals surface area contributed by atoms with E-state index in [0.717, 1.165) is 48.8 Å². The highest BCUT2D eigenvalue weighted by molar-refractivity contribution is 5.57. The molecule has 0 aromatic carbocycles. The lowest BCUT2D eigenvalue weighted by Gasteiger charge is -2.14. The second-order valence-electron chi connectivity index (χ2n) is 4.84. The lowest BCUT2D eigenvalue weighted by atomic mass is 10.2. The van der Waals surface area contributed by atoms with Crippen molar-refractivity contribution in [3.05, 3.63) is 23.6 Å². The smallest absolute Gasteiger partial charge is 0.213 e. The second-order valence-corrected chi connectivity index (χ2v) is 4.84. The van der Waals surface area contributed by atoms with E-state index in [4.69, 9.17) is 4.52 Å². The molecule has 0 aliphatic carbocycles. The van der Waals surface area contributed by atoms with Gasteiger partial charge in [-0.2, -0.15) is 4.98 Å². The fraction of sp³-hybridized carbons (Fsp3) is 0.571. The molecule has 2 heterocycles. The first-order valence-corrected chi connectivity index (χ1v) is 7.35. The van der Waals surface area contributed by atoms with Gasteiger partial charge in [0.1, 0.15) is 17.5 Å². The van der Waals surface area contributed by atoms with Crippen molar-refractivity contribution in [1.29, 1.82) is 0 Å². The summed E-state index contributed by atoms with van der Waals surface area (Å²) in [5, 5.41) is 10.4. The summed E-state index contributed by atoms with van der Waals surface area (Å²) in [5.41, 5.74) is 1.01. The number of rotatable bonds is 8. The van der Waals surface area contributed by atoms with E-state index in [9.17, 15) is 0 Å². The molecule has 114 valence electrons. The zero-order valence-corrected chi connectivity index (χ0v) is 12.8. The van der Waals surface area contributed by atoms with E-state index in [1.165, 1.54) is 6.39 Å². The van der Waals surface area contributed by atoms with E-state index in [-0.39, 0.29) is 0 Å². The van der Waals surface area contributed by atoms with E-state index in [0.29, 0.717) is 12.4 Å². The third-order valence-corrected chi connectivity index (χ3v) is 3.03. The molecule has 0 amide bonds. The van der Waals surface area contributed by atoms with Crippen LogP contribution in [0.15, 0.2) is 10.9 Å². The van der Waals surface area contributed by atoms with Crippen LogP contribution in [0.5, 0.6) is 0 Å². The molecule has 2 rings (SSSR count). The fourth-order valence-corrected chi connectivity index (χ4v) is 1.92. The quantitative estimate of drug-likeness (QED) is 0.772. The maximum Gasteiger partial charge on any atom is 0.213 e. The van der Waals surface area contributed by atoms with Gasteiger partial charge < -0.3 is 15.2 Å². The molecular formula is C14H22N6O. The highest BCUT2D eigenvalue weighted by Gasteiger charge is 2.11. The Kier molecular flexibility index (Phi) is 5.48. The van der Waals surface area contributed by atoms with Crippen LogP contribution in [0.25, 0.3) is 0 Å². The molecule has 7 nitrogen and oxygen atoms in total. The molecule has 7 heteroatoms. The number of hydrogen-bond donors (Lipinski definition) is 2. The molecule has 0 aliphatic rings. The van der Waals surface area contributed by atoms with Crippen LogP contribution in [-0.4, -0.2) is 26.7 Å². The SMILES string of the molecule is CCCNc1nc(CCC)nc(NCc2ncon2)c1C. The van der Waals surface area contributed by atoms with Gasteiger partial charge in [0.05, 0.1) is 6.54 Å². The number of anilines is 2. The van der Waals surface area contributed by atoms with Gasteiger partial charge in [-0.3, -0.25) is 0 Å². The van der Waals surface area contributed by atoms with Crippen LogP contribution < -0.4 is 10.6 Å². The van der Waals surface area contributed by atoms with Crippen LogP contribution in [0.4, 0.5) is 11.6 Å². The van der Waals surface area contributed by atoms with Gasteiger partial charge in [-0.05, 0) is 19.8 Å². The molecule has 0 saturated carbocycles. The standard InChI is InChI=1S/C14H22N6O/c1-4-6-11-18-13(15-7-5-2)10(3)14(19-11)16-8-12-17-9-21-20-12/h9H,4-8H2,1-3H3,(H2,15,16,18,19). The number of aromatic nitrogens is 4. The van der Waals surface area contributed by atoms with Crippen LogP contribution >= 0.6 is 0 Å². The van der Waals surface area contributed by atoms with Crippen molar-refractivity contribution in [3.8, 4) is 0 Å². The third-order valence-electron chi connectivity index (χ3n) is 3.03. The van der Waals surface area contributed by atoms with Gasteiger partial charge in [0.2, 0.25) is 6.39 Å². The van der Waals surface area contributed by atoms with Crippen molar-refractivity contribution in [2.75, 3.05) is 17.2 Å². The lowest BCUT2D eigenvalue weighted by molar-refractivity contribution is 0.411. The van der Waals surface area contributed by atoms with Crippen LogP contribution in [0.2, 0.25) is 0 Å². The molecule has 2 aromatic heterocycles. The minimum atomic E-state index is 0.479. The Hall–Kier alpha value is -2.18. The molecule has 0 spiro atoms. The largest absolute Gasteiger partial charge is 0.370 e. The molecule has 0 fully saturated rings. The predicted molar refractivity (Wildman–Crippen MR) is 81.2 cm³/mol. The highest BCUT2D eigenvalue weighted by atomic mass is 16.5. The number of nitrogens with zero attached hydrogens (tertiary/aromatic N) is 4. The first-order valence-electron chi connectivity index (χ1n) is 7.35. The monoisotopic (exact) mass is 290 g/mol. The molecule has 0 unspecified atom stereocenters. The summed E-state index contributed by atoms with van der Waals surface area (Å²) in [6, 6.07) is 0. The highest BCUT2D eigenvalue weighted by Crippen LogP contribution is 2.21. The zero-order valence-electron chi connectivity index (χ0n) is 12.8. The minimum Gasteiger partial charge on any atom is -0.370 e. The average Bonchev–Trinajstić information content (AvgIpc) is 2.99. The Morgan fingerprint density at radius 3 is 2.43 bits per heavy atom. The maximum absolute atomic E-state index is 4.73. The van der Waals surface area contributed by atoms with Crippen molar-refractivity contribution in [2.24, 2.45) is 0 Å². The molecule has 2 N–H and O–H groups in total. The van der Waals surface area contributed by atoms with Crippen molar-refractivity contribution >= 4 is 11.6 Å². The summed E-state index contributed by atoms with van der Waals surface area (Å²) in [6.07, 6.45) is 4.25. The van der Waals surface area contributed by atoms with E-state index < -0.39 is 0 Å². The van der Waals surface area contributed by atoms with E-state index in [1.54, 1.807) is 0 Å². The fourth-order valence-electron chi connectivity index (χ4n) is 1.92. The molecule has 0 atom stereocenters. The summed E-state index contributed by atoms with van der Waals surface area (Å²) in [4.78, 5) is 13.2. The normalized spacial score (nSPS) is 10.6. The summed E-state index contributed by atoms with van der Waals surface area (Å²) in [7, 11) is 0. The first kappa shape index (κ1) is 15.2. The first-order chi connectivity index (χ1) is 10.2. The molecule has 0 aliphatic heterocycles. The summed E-state index contributed by atoms with van der Waals surface area (Å²) < 4.78 is 4.73. The second kappa shape index (κ2) is 7.56. The Morgan fingerprint density at radius 1 is 1.05 bits per heavy atom. The lowest BCUT2D eigenvalue weighted by Crippen LogP contribution is -2.12. The summed E-state index contributed by atoms with van der Waals surface area (Å²) >= 11 is 0. The van der Waals surface area contributed by atoms with Crippen molar-refractivity contribution < 1.29 is 4.52 Å². The van der Waals surface area contributed by atoms with Crippen LogP contribution in [0, 0.1) is 6.92 Å². The van der Waals surface area contributed by atoms with Crippen molar-refractivity contribution in [3.63, 3.8) is 0 Å². The summed E-state index contributed by atoms with van der Waals surface area (Å²) in [6.45, 7) is 7.63. The number of nitrogens with one attached hydrogen (secondary N) is 2. The number of aryl methyl sites for hydroxylation is 1. The topological polar surface area (TPSA) is 88.8 Å². The van der Waals surface area contributed by atoms with Gasteiger partial charge in [0.25, 0.3) is 0 Å². The number of hydrogen-bond acceptors (Lipinski definition) is 7. The van der Waals surface area contributed by atoms with E-state index in [2.05, 4.69) is 44.6 Å². The molecular weight excluding hydrogens is 268 g/mol. The van der Waals surface area contributed by atoms with Gasteiger partial charge in [-0.25, -0.2) is 9.97 Å². The molecule has 0 bridgehead atoms. The maximum atomic E-state index is 4.73. The van der Waals surface area contributed by atoms with Crippen molar-refractivity contribution in [1.82, 2.24) is 20.1 Å². The molecule has 0 radical (unpaired) electrons. The molecule has 21 heavy (non-hydrogen) atoms. The average molecular weight is 290 g/mol. The third kappa shape index (κ3) is 4.14. The van der Waals surface area contributed by atoms with Crippen LogP contribution in [-0.2, 0) is 13.0 Å². The van der Waals surface area contributed by atoms with Gasteiger partial charge >= 0.3 is 0 Å². The Labute approximate surface area is 124 Å². The molecule has 0 saturated heterocycles. The minimum absolute atomic E-state index is 0.479. The van der Waals surface area contributed by atoms with E-state index in [1.807, 2.05) is 6.92 Å². The summed E-state index contributed by atoms with van der Waals surface area (Å²) in [5.74, 6) is 3.16. The Bertz CT molecular complexity index is 555. The zero-order chi connectivity index (χ0) is 15.1. The molecule has 2 aromatic rings. The van der Waals surface area contributed by atoms with Crippen molar-refractivity contribution in [2.45, 2.75) is 46.6 Å². The van der Waals surface area contributed by atoms with E-state index >= 15 is 0 Å². The predicted octanol–water partition coefficient (Wildman–Crippen LogP) is 2.55.